The minimum atomic E-state index is -0.745. The van der Waals surface area contributed by atoms with Gasteiger partial charge in [-0.3, -0.25) is 4.79 Å². The quantitative estimate of drug-likeness (QED) is 0.618. The summed E-state index contributed by atoms with van der Waals surface area (Å²) in [6.07, 6.45) is 0.0310. The number of carbonyl (C=O) groups excluding carboxylic acids is 1. The van der Waals surface area contributed by atoms with Crippen LogP contribution in [-0.2, 0) is 0 Å². The van der Waals surface area contributed by atoms with Crippen molar-refractivity contribution in [2.24, 2.45) is 5.10 Å². The molecule has 0 spiro atoms. The van der Waals surface area contributed by atoms with E-state index in [0.717, 1.165) is 33.9 Å². The van der Waals surface area contributed by atoms with Crippen molar-refractivity contribution < 1.29 is 9.53 Å². The van der Waals surface area contributed by atoms with Crippen LogP contribution in [0, 0.1) is 6.92 Å². The second kappa shape index (κ2) is 6.35. The number of hydrazone groups is 1. The molecule has 2 atom stereocenters. The van der Waals surface area contributed by atoms with Gasteiger partial charge in [0, 0.05) is 17.5 Å². The maximum atomic E-state index is 13.2. The SMILES string of the molecule is Cc1ccc(C(=O)[C@H]2Oc3ccccc3[C@@H]3CC(c4cccs4)=NN23)cc1. The molecule has 5 rings (SSSR count). The third-order valence-corrected chi connectivity index (χ3v) is 5.98. The van der Waals surface area contributed by atoms with Crippen molar-refractivity contribution in [2.75, 3.05) is 0 Å². The Morgan fingerprint density at radius 2 is 1.93 bits per heavy atom. The van der Waals surface area contributed by atoms with Crippen LogP contribution < -0.4 is 4.74 Å². The van der Waals surface area contributed by atoms with Gasteiger partial charge in [-0.25, -0.2) is 5.01 Å². The number of ether oxygens (including phenoxy) is 1. The fraction of sp³-hybridized carbons (Fsp3) is 0.182. The van der Waals surface area contributed by atoms with Crippen LogP contribution in [0.2, 0.25) is 0 Å². The molecular formula is C22H18N2O2S. The number of aryl methyl sites for hydroxylation is 1. The van der Waals surface area contributed by atoms with Gasteiger partial charge in [0.25, 0.3) is 6.23 Å². The molecule has 0 saturated carbocycles. The highest BCUT2D eigenvalue weighted by atomic mass is 32.1. The first kappa shape index (κ1) is 16.3. The number of carbonyl (C=O) groups is 1. The molecular weight excluding hydrogens is 356 g/mol. The highest BCUT2D eigenvalue weighted by Crippen LogP contribution is 2.43. The maximum Gasteiger partial charge on any atom is 0.251 e. The molecule has 0 radical (unpaired) electrons. The summed E-state index contributed by atoms with van der Waals surface area (Å²) in [5.41, 5.74) is 3.86. The van der Waals surface area contributed by atoms with E-state index in [0.29, 0.717) is 5.56 Å². The lowest BCUT2D eigenvalue weighted by Gasteiger charge is -2.37. The van der Waals surface area contributed by atoms with Crippen molar-refractivity contribution in [3.8, 4) is 5.75 Å². The summed E-state index contributed by atoms with van der Waals surface area (Å²) in [5, 5.41) is 8.71. The number of rotatable bonds is 3. The van der Waals surface area contributed by atoms with Crippen LogP contribution in [0.3, 0.4) is 0 Å². The molecule has 0 N–H and O–H groups in total. The number of hydrogen-bond donors (Lipinski definition) is 0. The van der Waals surface area contributed by atoms with Crippen molar-refractivity contribution in [3.63, 3.8) is 0 Å². The first-order chi connectivity index (χ1) is 13.2. The Morgan fingerprint density at radius 1 is 1.11 bits per heavy atom. The summed E-state index contributed by atoms with van der Waals surface area (Å²) in [7, 11) is 0. The zero-order valence-corrected chi connectivity index (χ0v) is 15.6. The van der Waals surface area contributed by atoms with Crippen molar-refractivity contribution in [1.82, 2.24) is 5.01 Å². The summed E-state index contributed by atoms with van der Waals surface area (Å²) in [6.45, 7) is 2.01. The van der Waals surface area contributed by atoms with Gasteiger partial charge in [-0.05, 0) is 24.4 Å². The largest absolute Gasteiger partial charge is 0.461 e. The van der Waals surface area contributed by atoms with E-state index in [1.807, 2.05) is 60.5 Å². The Bertz CT molecular complexity index is 1020. The molecule has 134 valence electrons. The summed E-state index contributed by atoms with van der Waals surface area (Å²) >= 11 is 1.67. The van der Waals surface area contributed by atoms with Crippen molar-refractivity contribution >= 4 is 22.8 Å². The Labute approximate surface area is 161 Å². The van der Waals surface area contributed by atoms with Gasteiger partial charge in [0.2, 0.25) is 5.78 Å². The van der Waals surface area contributed by atoms with Gasteiger partial charge in [-0.1, -0.05) is 54.1 Å². The van der Waals surface area contributed by atoms with E-state index in [-0.39, 0.29) is 11.8 Å². The molecule has 3 heterocycles. The molecule has 0 fully saturated rings. The molecule has 1 aromatic heterocycles. The van der Waals surface area contributed by atoms with Gasteiger partial charge < -0.3 is 4.74 Å². The van der Waals surface area contributed by atoms with Crippen LogP contribution in [0.1, 0.15) is 38.8 Å². The van der Waals surface area contributed by atoms with Gasteiger partial charge in [0.05, 0.1) is 16.6 Å². The van der Waals surface area contributed by atoms with Crippen molar-refractivity contribution in [3.05, 3.63) is 87.6 Å². The third kappa shape index (κ3) is 2.75. The third-order valence-electron chi connectivity index (χ3n) is 5.07. The van der Waals surface area contributed by atoms with E-state index in [2.05, 4.69) is 17.5 Å². The van der Waals surface area contributed by atoms with Crippen molar-refractivity contribution in [1.29, 1.82) is 0 Å². The van der Waals surface area contributed by atoms with Gasteiger partial charge >= 0.3 is 0 Å². The molecule has 0 amide bonds. The Hall–Kier alpha value is -2.92. The van der Waals surface area contributed by atoms with Gasteiger partial charge in [-0.2, -0.15) is 5.10 Å². The number of fused-ring (bicyclic) bond motifs is 3. The standard InChI is InChI=1S/C22H18N2O2S/c1-14-8-10-15(11-9-14)21(25)22-24-18(16-5-2-3-6-19(16)26-22)13-17(23-24)20-7-4-12-27-20/h2-12,18,22H,13H2,1H3/t18-,22+/m0/s1. The zero-order valence-electron chi connectivity index (χ0n) is 14.8. The van der Waals surface area contributed by atoms with Gasteiger partial charge in [0.15, 0.2) is 0 Å². The van der Waals surface area contributed by atoms with Gasteiger partial charge in [0.1, 0.15) is 5.75 Å². The second-order valence-electron chi connectivity index (χ2n) is 6.86. The first-order valence-corrected chi connectivity index (χ1v) is 9.85. The highest BCUT2D eigenvalue weighted by molar-refractivity contribution is 7.12. The molecule has 2 aromatic carbocycles. The van der Waals surface area contributed by atoms with Crippen LogP contribution in [0.4, 0.5) is 0 Å². The Balaban J connectivity index is 1.56. The normalized spacial score (nSPS) is 20.5. The fourth-order valence-electron chi connectivity index (χ4n) is 3.66. The molecule has 5 heteroatoms. The summed E-state index contributed by atoms with van der Waals surface area (Å²) in [6, 6.07) is 19.7. The molecule has 0 aliphatic carbocycles. The number of thiophene rings is 1. The molecule has 27 heavy (non-hydrogen) atoms. The zero-order chi connectivity index (χ0) is 18.4. The molecule has 0 saturated heterocycles. The van der Waals surface area contributed by atoms with E-state index in [1.165, 1.54) is 0 Å². The van der Waals surface area contributed by atoms with Crippen molar-refractivity contribution in [2.45, 2.75) is 25.6 Å². The average Bonchev–Trinajstić information content (AvgIpc) is 3.37. The summed E-state index contributed by atoms with van der Waals surface area (Å²) in [5.74, 6) is 0.706. The van der Waals surface area contributed by atoms with E-state index < -0.39 is 6.23 Å². The van der Waals surface area contributed by atoms with Crippen LogP contribution in [-0.4, -0.2) is 22.7 Å². The topological polar surface area (TPSA) is 41.9 Å². The summed E-state index contributed by atoms with van der Waals surface area (Å²) in [4.78, 5) is 14.4. The number of ketones is 1. The lowest BCUT2D eigenvalue weighted by atomic mass is 9.97. The number of hydrogen-bond acceptors (Lipinski definition) is 5. The average molecular weight is 374 g/mol. The van der Waals surface area contributed by atoms with E-state index in [4.69, 9.17) is 9.84 Å². The van der Waals surface area contributed by atoms with Crippen LogP contribution in [0.15, 0.2) is 71.1 Å². The molecule has 3 aromatic rings. The van der Waals surface area contributed by atoms with Gasteiger partial charge in [-0.15, -0.1) is 11.3 Å². The van der Waals surface area contributed by atoms with E-state index in [9.17, 15) is 4.79 Å². The molecule has 4 nitrogen and oxygen atoms in total. The number of nitrogens with zero attached hydrogens (tertiary/aromatic N) is 2. The molecule has 0 bridgehead atoms. The lowest BCUT2D eigenvalue weighted by molar-refractivity contribution is -0.00455. The van der Waals surface area contributed by atoms with Crippen LogP contribution >= 0.6 is 11.3 Å². The first-order valence-electron chi connectivity index (χ1n) is 8.97. The maximum absolute atomic E-state index is 13.2. The van der Waals surface area contributed by atoms with Crippen LogP contribution in [0.5, 0.6) is 5.75 Å². The minimum absolute atomic E-state index is 0.0199. The van der Waals surface area contributed by atoms with E-state index >= 15 is 0 Å². The van der Waals surface area contributed by atoms with E-state index in [1.54, 1.807) is 11.3 Å². The monoisotopic (exact) mass is 374 g/mol. The number of para-hydroxylation sites is 1. The molecule has 2 aliphatic rings. The number of Topliss-reactive ketones (excluding diaryl/α,β-unsaturated/α-hetero) is 1. The Kier molecular flexibility index (Phi) is 3.83. The number of benzene rings is 2. The predicted octanol–water partition coefficient (Wildman–Crippen LogP) is 4.81. The second-order valence-corrected chi connectivity index (χ2v) is 7.81. The predicted molar refractivity (Wildman–Crippen MR) is 106 cm³/mol. The lowest BCUT2D eigenvalue weighted by Crippen LogP contribution is -2.45. The smallest absolute Gasteiger partial charge is 0.251 e. The summed E-state index contributed by atoms with van der Waals surface area (Å²) < 4.78 is 6.13. The highest BCUT2D eigenvalue weighted by Gasteiger charge is 2.43. The Morgan fingerprint density at radius 3 is 2.70 bits per heavy atom. The minimum Gasteiger partial charge on any atom is -0.461 e. The molecule has 2 aliphatic heterocycles. The van der Waals surface area contributed by atoms with Crippen LogP contribution in [0.25, 0.3) is 0 Å². The molecule has 0 unspecified atom stereocenters. The fourth-order valence-corrected chi connectivity index (χ4v) is 4.38.